The van der Waals surface area contributed by atoms with Gasteiger partial charge in [0, 0.05) is 39.7 Å². The highest BCUT2D eigenvalue weighted by Crippen LogP contribution is 2.58. The Hall–Kier alpha value is -2.55. The molecule has 0 aliphatic carbocycles. The number of halogens is 3. The minimum atomic E-state index is -1.62. The van der Waals surface area contributed by atoms with Gasteiger partial charge in [-0.3, -0.25) is 19.8 Å². The first kappa shape index (κ1) is 24.6. The van der Waals surface area contributed by atoms with Gasteiger partial charge in [-0.2, -0.15) is 0 Å². The van der Waals surface area contributed by atoms with Crippen LogP contribution in [0, 0.1) is 21.8 Å². The van der Waals surface area contributed by atoms with Crippen molar-refractivity contribution in [3.63, 3.8) is 0 Å². The molecule has 10 heteroatoms. The van der Waals surface area contributed by atoms with Crippen LogP contribution in [0.15, 0.2) is 36.4 Å². The zero-order valence-electron chi connectivity index (χ0n) is 18.6. The Kier molecular flexibility index (Phi) is 6.68. The van der Waals surface area contributed by atoms with E-state index in [-0.39, 0.29) is 22.9 Å². The lowest BCUT2D eigenvalue weighted by Crippen LogP contribution is -2.52. The van der Waals surface area contributed by atoms with Crippen molar-refractivity contribution in [3.8, 4) is 0 Å². The second kappa shape index (κ2) is 9.24. The lowest BCUT2D eigenvalue weighted by atomic mass is 9.73. The lowest BCUT2D eigenvalue weighted by Gasteiger charge is -2.38. The summed E-state index contributed by atoms with van der Waals surface area (Å²) in [5, 5.41) is 15.5. The SMILES string of the molecule is CC(C)CCN1[C@@H](CC=O)[C@@H]([N+](=O)[O-])[C@H](c2cccc(Cl)c2F)[C@]12C(=O)Nc1cc(Cl)ccc12. The maximum absolute atomic E-state index is 15.5. The molecular formula is C24H24Cl2FN3O4. The van der Waals surface area contributed by atoms with Gasteiger partial charge in [0.25, 0.3) is 5.91 Å². The molecule has 1 amide bonds. The van der Waals surface area contributed by atoms with Crippen LogP contribution >= 0.6 is 23.2 Å². The first-order valence-electron chi connectivity index (χ1n) is 11.0. The minimum Gasteiger partial charge on any atom is -0.324 e. The highest BCUT2D eigenvalue weighted by molar-refractivity contribution is 6.31. The topological polar surface area (TPSA) is 92.6 Å². The number of rotatable bonds is 7. The van der Waals surface area contributed by atoms with Crippen LogP contribution in [-0.2, 0) is 15.1 Å². The average Bonchev–Trinajstić information content (AvgIpc) is 3.21. The number of anilines is 1. The molecule has 1 saturated heterocycles. The van der Waals surface area contributed by atoms with Gasteiger partial charge in [-0.1, -0.05) is 55.2 Å². The van der Waals surface area contributed by atoms with Crippen LogP contribution in [0.3, 0.4) is 0 Å². The average molecular weight is 508 g/mol. The molecule has 0 unspecified atom stereocenters. The number of nitrogens with zero attached hydrogens (tertiary/aromatic N) is 2. The normalized spacial score (nSPS) is 26.2. The van der Waals surface area contributed by atoms with Gasteiger partial charge in [0.15, 0.2) is 0 Å². The molecular weight excluding hydrogens is 484 g/mol. The van der Waals surface area contributed by atoms with Gasteiger partial charge in [0.05, 0.1) is 17.0 Å². The summed E-state index contributed by atoms with van der Waals surface area (Å²) in [5.74, 6) is -2.34. The Morgan fingerprint density at radius 2 is 2.03 bits per heavy atom. The van der Waals surface area contributed by atoms with Crippen molar-refractivity contribution in [1.29, 1.82) is 0 Å². The van der Waals surface area contributed by atoms with Gasteiger partial charge in [-0.15, -0.1) is 0 Å². The first-order valence-corrected chi connectivity index (χ1v) is 11.8. The Morgan fingerprint density at radius 1 is 1.29 bits per heavy atom. The van der Waals surface area contributed by atoms with Gasteiger partial charge < -0.3 is 10.1 Å². The number of nitro groups is 1. The second-order valence-corrected chi connectivity index (χ2v) is 10.00. The fourth-order valence-corrected chi connectivity index (χ4v) is 5.87. The molecule has 0 aromatic heterocycles. The highest BCUT2D eigenvalue weighted by atomic mass is 35.5. The van der Waals surface area contributed by atoms with E-state index in [1.807, 2.05) is 13.8 Å². The molecule has 4 atom stereocenters. The number of amides is 1. The fraction of sp³-hybridized carbons (Fsp3) is 0.417. The van der Waals surface area contributed by atoms with Crippen molar-refractivity contribution in [2.24, 2.45) is 5.92 Å². The molecule has 7 nitrogen and oxygen atoms in total. The quantitative estimate of drug-likeness (QED) is 0.322. The van der Waals surface area contributed by atoms with E-state index in [1.165, 1.54) is 18.2 Å². The molecule has 0 radical (unpaired) electrons. The predicted octanol–water partition coefficient (Wildman–Crippen LogP) is 5.03. The standard InChI is InChI=1S/C24H24Cl2FN3O4/c1-13(2)8-10-29-19(9-11-31)22(30(33)34)20(15-4-3-5-17(26)21(15)27)24(29)16-7-6-14(25)12-18(16)28-23(24)32/h3-7,11-13,19-20,22H,8-10H2,1-2H3,(H,28,32)/t19-,20-,22+,24+/m0/s1. The van der Waals surface area contributed by atoms with E-state index >= 15 is 4.39 Å². The highest BCUT2D eigenvalue weighted by Gasteiger charge is 2.71. The minimum absolute atomic E-state index is 0.0323. The molecule has 0 saturated carbocycles. The number of hydrogen-bond donors (Lipinski definition) is 1. The number of nitrogens with one attached hydrogen (secondary N) is 1. The largest absolute Gasteiger partial charge is 0.324 e. The van der Waals surface area contributed by atoms with E-state index in [4.69, 9.17) is 23.2 Å². The van der Waals surface area contributed by atoms with Gasteiger partial charge in [-0.05, 0) is 30.5 Å². The van der Waals surface area contributed by atoms with E-state index < -0.39 is 40.2 Å². The first-order chi connectivity index (χ1) is 16.1. The smallest absolute Gasteiger partial charge is 0.250 e. The molecule has 2 aromatic rings. The molecule has 34 heavy (non-hydrogen) atoms. The van der Waals surface area contributed by atoms with E-state index in [1.54, 1.807) is 23.1 Å². The molecule has 2 heterocycles. The number of carbonyl (C=O) groups is 2. The second-order valence-electron chi connectivity index (χ2n) is 9.15. The van der Waals surface area contributed by atoms with Gasteiger partial charge in [-0.25, -0.2) is 4.39 Å². The number of aldehydes is 1. The maximum atomic E-state index is 15.5. The van der Waals surface area contributed by atoms with Crippen molar-refractivity contribution in [2.75, 3.05) is 11.9 Å². The third-order valence-electron chi connectivity index (χ3n) is 6.87. The fourth-order valence-electron chi connectivity index (χ4n) is 5.52. The van der Waals surface area contributed by atoms with Crippen molar-refractivity contribution >= 4 is 41.1 Å². The monoisotopic (exact) mass is 507 g/mol. The molecule has 1 N–H and O–H groups in total. The Labute approximate surface area is 206 Å². The van der Waals surface area contributed by atoms with E-state index in [0.717, 1.165) is 0 Å². The maximum Gasteiger partial charge on any atom is 0.250 e. The Balaban J connectivity index is 2.07. The molecule has 1 spiro atoms. The molecule has 2 aliphatic heterocycles. The van der Waals surface area contributed by atoms with Crippen molar-refractivity contribution in [3.05, 3.63) is 73.5 Å². The molecule has 4 rings (SSSR count). The Bertz CT molecular complexity index is 1160. The molecule has 180 valence electrons. The zero-order chi connectivity index (χ0) is 24.8. The molecule has 0 bridgehead atoms. The van der Waals surface area contributed by atoms with Crippen LogP contribution in [0.4, 0.5) is 10.1 Å². The number of fused-ring (bicyclic) bond motifs is 2. The summed E-state index contributed by atoms with van der Waals surface area (Å²) in [4.78, 5) is 39.3. The van der Waals surface area contributed by atoms with Crippen LogP contribution in [0.2, 0.25) is 10.0 Å². The molecule has 2 aromatic carbocycles. The summed E-state index contributed by atoms with van der Waals surface area (Å²) in [5.41, 5.74) is -0.773. The third kappa shape index (κ3) is 3.68. The third-order valence-corrected chi connectivity index (χ3v) is 7.40. The number of carbonyl (C=O) groups excluding carboxylic acids is 2. The van der Waals surface area contributed by atoms with Gasteiger partial charge >= 0.3 is 0 Å². The van der Waals surface area contributed by atoms with Crippen LogP contribution in [0.5, 0.6) is 0 Å². The summed E-state index contributed by atoms with van der Waals surface area (Å²) in [6, 6.07) is 6.74. The summed E-state index contributed by atoms with van der Waals surface area (Å²) in [6.45, 7) is 4.30. The van der Waals surface area contributed by atoms with Gasteiger partial charge in [0.1, 0.15) is 17.6 Å². The predicted molar refractivity (Wildman–Crippen MR) is 127 cm³/mol. The summed E-state index contributed by atoms with van der Waals surface area (Å²) in [7, 11) is 0. The number of likely N-dealkylation sites (tertiary alicyclic amines) is 1. The van der Waals surface area contributed by atoms with Crippen LogP contribution in [0.25, 0.3) is 0 Å². The summed E-state index contributed by atoms with van der Waals surface area (Å²) < 4.78 is 15.5. The van der Waals surface area contributed by atoms with Crippen molar-refractivity contribution in [2.45, 2.75) is 50.2 Å². The molecule has 1 fully saturated rings. The summed E-state index contributed by atoms with van der Waals surface area (Å²) >= 11 is 12.2. The van der Waals surface area contributed by atoms with Crippen LogP contribution < -0.4 is 5.32 Å². The van der Waals surface area contributed by atoms with Gasteiger partial charge in [0.2, 0.25) is 6.04 Å². The van der Waals surface area contributed by atoms with E-state index in [2.05, 4.69) is 5.32 Å². The zero-order valence-corrected chi connectivity index (χ0v) is 20.1. The van der Waals surface area contributed by atoms with E-state index in [0.29, 0.717) is 35.5 Å². The van der Waals surface area contributed by atoms with Crippen LogP contribution in [-0.4, -0.2) is 40.6 Å². The lowest BCUT2D eigenvalue weighted by molar-refractivity contribution is -0.528. The van der Waals surface area contributed by atoms with Crippen molar-refractivity contribution < 1.29 is 18.9 Å². The van der Waals surface area contributed by atoms with Crippen LogP contribution in [0.1, 0.15) is 43.7 Å². The Morgan fingerprint density at radius 3 is 2.68 bits per heavy atom. The molecule has 2 aliphatic rings. The number of hydrogen-bond acceptors (Lipinski definition) is 5. The van der Waals surface area contributed by atoms with Crippen molar-refractivity contribution in [1.82, 2.24) is 4.90 Å². The summed E-state index contributed by atoms with van der Waals surface area (Å²) in [6.07, 6.45) is 1.05. The van der Waals surface area contributed by atoms with E-state index in [9.17, 15) is 19.7 Å². The number of benzene rings is 2.